The van der Waals surface area contributed by atoms with Crippen LogP contribution < -0.4 is 20.6 Å². The quantitative estimate of drug-likeness (QED) is 0.163. The highest BCUT2D eigenvalue weighted by Gasteiger charge is 2.47. The van der Waals surface area contributed by atoms with Gasteiger partial charge in [-0.1, -0.05) is 146 Å². The highest BCUT2D eigenvalue weighted by Crippen LogP contribution is 2.56. The number of para-hydroxylation sites is 3. The average Bonchev–Trinajstić information content (AvgIpc) is 3.99. The zero-order chi connectivity index (χ0) is 50.4. The number of aryl methyl sites for hydroxylation is 1. The molecule has 0 bridgehead atoms. The molecule has 0 N–H and O–H groups in total. The van der Waals surface area contributed by atoms with Crippen LogP contribution in [-0.4, -0.2) is 11.4 Å². The number of fused-ring (bicyclic) bond motifs is 15. The minimum Gasteiger partial charge on any atom is -0.376 e. The van der Waals surface area contributed by atoms with E-state index in [0.717, 1.165) is 23.5 Å². The van der Waals surface area contributed by atoms with Gasteiger partial charge >= 0.3 is 6.85 Å². The van der Waals surface area contributed by atoms with Crippen LogP contribution in [0.5, 0.6) is 0 Å². The standard InChI is InChI=1S/C69H62BN3S/c1-41-35-50-52(68(6,7)33-31-66(50,2)3)39-57(41)73-56-29-30-59-63(48-38-51-53(40-60(48)74-59)69(8,9)34-32-67(51,4)5)62(56)49-36-45(71(43-20-12-10-13-21-43)44-22-14-11-15-23-44)37-58-64(49)70(73)54-26-18-25-47-61-46-24-17-16-19-42(46)27-28-55(61)72(58)65(47)54/h10-30,35-40H,31-34H2,1-9H3. The van der Waals surface area contributed by atoms with E-state index in [9.17, 15) is 0 Å². The summed E-state index contributed by atoms with van der Waals surface area (Å²) in [4.78, 5) is 5.31. The van der Waals surface area contributed by atoms with Gasteiger partial charge in [-0.3, -0.25) is 0 Å². The van der Waals surface area contributed by atoms with Crippen LogP contribution in [0.3, 0.4) is 0 Å². The molecule has 9 aromatic carbocycles. The molecule has 74 heavy (non-hydrogen) atoms. The second kappa shape index (κ2) is 15.0. The van der Waals surface area contributed by atoms with Crippen LogP contribution in [0.2, 0.25) is 0 Å². The minimum absolute atomic E-state index is 0.0372. The largest absolute Gasteiger partial charge is 0.376 e. The minimum atomic E-state index is -0.110. The van der Waals surface area contributed by atoms with E-state index < -0.39 is 0 Å². The molecule has 0 spiro atoms. The highest BCUT2D eigenvalue weighted by atomic mass is 32.1. The van der Waals surface area contributed by atoms with Crippen LogP contribution in [-0.2, 0) is 21.7 Å². The molecule has 0 unspecified atom stereocenters. The molecule has 5 heteroatoms. The lowest BCUT2D eigenvalue weighted by Gasteiger charge is -2.46. The van der Waals surface area contributed by atoms with Gasteiger partial charge in [-0.05, 0) is 182 Å². The van der Waals surface area contributed by atoms with Crippen molar-refractivity contribution in [2.45, 2.75) is 110 Å². The predicted molar refractivity (Wildman–Crippen MR) is 320 cm³/mol. The molecule has 3 nitrogen and oxygen atoms in total. The van der Waals surface area contributed by atoms with Crippen LogP contribution in [0.15, 0.2) is 164 Å². The van der Waals surface area contributed by atoms with E-state index in [1.165, 1.54) is 139 Å². The Morgan fingerprint density at radius 1 is 0.473 bits per heavy atom. The first-order valence-electron chi connectivity index (χ1n) is 27.1. The van der Waals surface area contributed by atoms with Gasteiger partial charge in [-0.2, -0.15) is 0 Å². The fourth-order valence-electron chi connectivity index (χ4n) is 14.6. The number of anilines is 5. The van der Waals surface area contributed by atoms with Crippen molar-refractivity contribution in [3.05, 3.63) is 192 Å². The molecule has 11 aromatic rings. The molecule has 4 aliphatic rings. The van der Waals surface area contributed by atoms with Gasteiger partial charge in [0.15, 0.2) is 0 Å². The summed E-state index contributed by atoms with van der Waals surface area (Å²) in [6.45, 7) is 22.1. The number of benzene rings is 9. The summed E-state index contributed by atoms with van der Waals surface area (Å²) in [5.41, 5.74) is 22.9. The van der Waals surface area contributed by atoms with Crippen molar-refractivity contribution in [3.8, 4) is 16.8 Å². The fraction of sp³-hybridized carbons (Fsp3) is 0.246. The van der Waals surface area contributed by atoms with Gasteiger partial charge in [0, 0.05) is 70.6 Å². The summed E-state index contributed by atoms with van der Waals surface area (Å²) in [7, 11) is 0. The van der Waals surface area contributed by atoms with E-state index in [1.807, 2.05) is 11.3 Å². The summed E-state index contributed by atoms with van der Waals surface area (Å²) in [5.74, 6) is 0. The number of nitrogens with zero attached hydrogens (tertiary/aromatic N) is 3. The number of hydrogen-bond donors (Lipinski definition) is 0. The molecule has 0 atom stereocenters. The summed E-state index contributed by atoms with van der Waals surface area (Å²) in [6.07, 6.45) is 4.72. The van der Waals surface area contributed by atoms with Gasteiger partial charge < -0.3 is 14.3 Å². The Balaban J connectivity index is 1.14. The zero-order valence-corrected chi connectivity index (χ0v) is 45.1. The van der Waals surface area contributed by atoms with E-state index in [-0.39, 0.29) is 28.5 Å². The van der Waals surface area contributed by atoms with Gasteiger partial charge in [0.05, 0.1) is 11.0 Å². The van der Waals surface area contributed by atoms with Crippen LogP contribution in [0, 0.1) is 6.92 Å². The van der Waals surface area contributed by atoms with Crippen molar-refractivity contribution in [2.24, 2.45) is 0 Å². The average molecular weight is 976 g/mol. The van der Waals surface area contributed by atoms with E-state index in [0.29, 0.717) is 0 Å². The van der Waals surface area contributed by atoms with Gasteiger partial charge in [-0.25, -0.2) is 0 Å². The normalized spacial score (nSPS) is 17.4. The number of thiophene rings is 1. The van der Waals surface area contributed by atoms with Crippen molar-refractivity contribution in [3.63, 3.8) is 0 Å². The maximum atomic E-state index is 2.82. The Labute approximate surface area is 440 Å². The molecule has 0 radical (unpaired) electrons. The van der Waals surface area contributed by atoms with Gasteiger partial charge in [0.2, 0.25) is 0 Å². The highest BCUT2D eigenvalue weighted by molar-refractivity contribution is 7.26. The van der Waals surface area contributed by atoms with Gasteiger partial charge in [0.1, 0.15) is 0 Å². The summed E-state index contributed by atoms with van der Waals surface area (Å²) < 4.78 is 5.40. The molecule has 2 aromatic heterocycles. The SMILES string of the molecule is Cc1cc2c(cc1N1B3c4c(cc(N(c5ccccc5)c5ccccc5)cc4-n4c5ccc6ccccc6c5c5cccc3c54)-c3c1ccc1sc4cc5c(cc4c31)C(C)(C)CCC5(C)C)C(C)(C)CCC2(C)C. The van der Waals surface area contributed by atoms with Gasteiger partial charge in [0.25, 0.3) is 0 Å². The molecule has 4 heterocycles. The van der Waals surface area contributed by atoms with E-state index in [2.05, 4.69) is 240 Å². The van der Waals surface area contributed by atoms with Gasteiger partial charge in [-0.15, -0.1) is 11.3 Å². The van der Waals surface area contributed by atoms with Crippen molar-refractivity contribution < 1.29 is 0 Å². The van der Waals surface area contributed by atoms with Crippen molar-refractivity contribution in [1.29, 1.82) is 0 Å². The molecular formula is C69H62BN3S. The van der Waals surface area contributed by atoms with Crippen LogP contribution in [0.1, 0.15) is 109 Å². The topological polar surface area (TPSA) is 11.4 Å². The summed E-state index contributed by atoms with van der Waals surface area (Å²) >= 11 is 1.98. The Bertz CT molecular complexity index is 4190. The maximum Gasteiger partial charge on any atom is 0.333 e. The second-order valence-electron chi connectivity index (χ2n) is 25.0. The molecular weight excluding hydrogens is 914 g/mol. The third kappa shape index (κ3) is 6.02. The van der Waals surface area contributed by atoms with Crippen molar-refractivity contribution >= 4 is 110 Å². The monoisotopic (exact) mass is 975 g/mol. The molecule has 0 fully saturated rings. The lowest BCUT2D eigenvalue weighted by molar-refractivity contribution is 0.332. The second-order valence-corrected chi connectivity index (χ2v) is 26.1. The summed E-state index contributed by atoms with van der Waals surface area (Å²) in [6, 6.07) is 63.5. The number of rotatable bonds is 4. The molecule has 0 saturated carbocycles. The van der Waals surface area contributed by atoms with E-state index in [1.54, 1.807) is 0 Å². The third-order valence-corrected chi connectivity index (χ3v) is 19.9. The van der Waals surface area contributed by atoms with Crippen molar-refractivity contribution in [1.82, 2.24) is 4.57 Å². The Morgan fingerprint density at radius 3 is 1.77 bits per heavy atom. The van der Waals surface area contributed by atoms with E-state index in [4.69, 9.17) is 0 Å². The first-order valence-corrected chi connectivity index (χ1v) is 27.9. The predicted octanol–water partition coefficient (Wildman–Crippen LogP) is 18.0. The zero-order valence-electron chi connectivity index (χ0n) is 44.2. The van der Waals surface area contributed by atoms with E-state index >= 15 is 0 Å². The number of hydrogen-bond acceptors (Lipinski definition) is 3. The number of aromatic nitrogens is 1. The molecule has 2 aliphatic heterocycles. The Kier molecular flexibility index (Phi) is 9.03. The van der Waals surface area contributed by atoms with Crippen LogP contribution in [0.25, 0.3) is 69.6 Å². The summed E-state index contributed by atoms with van der Waals surface area (Å²) in [5, 5.41) is 7.95. The smallest absolute Gasteiger partial charge is 0.333 e. The fourth-order valence-corrected chi connectivity index (χ4v) is 15.7. The molecule has 15 rings (SSSR count). The first kappa shape index (κ1) is 44.4. The Hall–Kier alpha value is -7.08. The molecule has 2 aliphatic carbocycles. The molecule has 0 amide bonds. The van der Waals surface area contributed by atoms with Crippen LogP contribution >= 0.6 is 11.3 Å². The third-order valence-electron chi connectivity index (χ3n) is 18.8. The maximum absolute atomic E-state index is 2.82. The Morgan fingerprint density at radius 2 is 1.08 bits per heavy atom. The molecule has 362 valence electrons. The van der Waals surface area contributed by atoms with Crippen LogP contribution in [0.4, 0.5) is 28.4 Å². The lowest BCUT2D eigenvalue weighted by atomic mass is 9.43. The van der Waals surface area contributed by atoms with Crippen molar-refractivity contribution in [2.75, 3.05) is 9.71 Å². The first-order chi connectivity index (χ1) is 35.6. The lowest BCUT2D eigenvalue weighted by Crippen LogP contribution is -2.60. The molecule has 0 saturated heterocycles.